The number of methoxy groups -OCH3 is 1. The van der Waals surface area contributed by atoms with E-state index < -0.39 is 0 Å². The normalized spacial score (nSPS) is 35.3. The van der Waals surface area contributed by atoms with Crippen molar-refractivity contribution in [3.8, 4) is 0 Å². The second kappa shape index (κ2) is 6.72. The van der Waals surface area contributed by atoms with Gasteiger partial charge < -0.3 is 10.1 Å². The van der Waals surface area contributed by atoms with E-state index in [1.807, 2.05) is 7.11 Å². The van der Waals surface area contributed by atoms with Crippen LogP contribution in [-0.4, -0.2) is 49.8 Å². The van der Waals surface area contributed by atoms with E-state index >= 15 is 0 Å². The van der Waals surface area contributed by atoms with Crippen LogP contribution in [-0.2, 0) is 4.74 Å². The summed E-state index contributed by atoms with van der Waals surface area (Å²) in [6.45, 7) is 5.84. The second-order valence-electron chi connectivity index (χ2n) is 5.55. The smallest absolute Gasteiger partial charge is 0.0698 e. The first-order valence-electron chi connectivity index (χ1n) is 7.35. The highest BCUT2D eigenvalue weighted by Gasteiger charge is 2.34. The van der Waals surface area contributed by atoms with Gasteiger partial charge in [0.05, 0.1) is 6.10 Å². The first-order chi connectivity index (χ1) is 8.35. The van der Waals surface area contributed by atoms with Gasteiger partial charge in [-0.2, -0.15) is 0 Å². The summed E-state index contributed by atoms with van der Waals surface area (Å²) in [5.74, 6) is 0. The standard InChI is InChI=1S/C14H28N2O/c1-3-9-15-13-7-4-8-14(13)16-10-5-6-12(11-16)17-2/h12-15H,3-11H2,1-2H3. The maximum Gasteiger partial charge on any atom is 0.0698 e. The summed E-state index contributed by atoms with van der Waals surface area (Å²) in [5, 5.41) is 3.73. The van der Waals surface area contributed by atoms with E-state index in [0.29, 0.717) is 6.10 Å². The van der Waals surface area contributed by atoms with Crippen molar-refractivity contribution in [2.45, 2.75) is 63.6 Å². The van der Waals surface area contributed by atoms with E-state index in [4.69, 9.17) is 4.74 Å². The molecule has 3 heteroatoms. The fraction of sp³-hybridized carbons (Fsp3) is 1.00. The Balaban J connectivity index is 1.86. The van der Waals surface area contributed by atoms with Crippen molar-refractivity contribution in [3.05, 3.63) is 0 Å². The van der Waals surface area contributed by atoms with Gasteiger partial charge in [-0.25, -0.2) is 0 Å². The number of rotatable bonds is 5. The Morgan fingerprint density at radius 2 is 2.12 bits per heavy atom. The van der Waals surface area contributed by atoms with Crippen LogP contribution in [0.4, 0.5) is 0 Å². The summed E-state index contributed by atoms with van der Waals surface area (Å²) in [7, 11) is 1.86. The Morgan fingerprint density at radius 3 is 2.88 bits per heavy atom. The molecule has 0 aromatic heterocycles. The molecule has 0 bridgehead atoms. The molecule has 3 atom stereocenters. The molecule has 1 saturated heterocycles. The largest absolute Gasteiger partial charge is 0.380 e. The Hall–Kier alpha value is -0.120. The molecule has 17 heavy (non-hydrogen) atoms. The van der Waals surface area contributed by atoms with E-state index in [-0.39, 0.29) is 0 Å². The maximum absolute atomic E-state index is 5.54. The number of nitrogens with zero attached hydrogens (tertiary/aromatic N) is 1. The summed E-state index contributed by atoms with van der Waals surface area (Å²) in [5.41, 5.74) is 0. The van der Waals surface area contributed by atoms with Crippen LogP contribution in [0.25, 0.3) is 0 Å². The molecular weight excluding hydrogens is 212 g/mol. The Morgan fingerprint density at radius 1 is 1.24 bits per heavy atom. The van der Waals surface area contributed by atoms with Gasteiger partial charge in [-0.15, -0.1) is 0 Å². The summed E-state index contributed by atoms with van der Waals surface area (Å²) in [6, 6.07) is 1.49. The maximum atomic E-state index is 5.54. The molecule has 3 unspecified atom stereocenters. The van der Waals surface area contributed by atoms with Crippen LogP contribution in [0.1, 0.15) is 45.4 Å². The summed E-state index contributed by atoms with van der Waals surface area (Å²) in [6.07, 6.45) is 8.37. The molecule has 0 radical (unpaired) electrons. The highest BCUT2D eigenvalue weighted by molar-refractivity contribution is 4.92. The molecule has 1 saturated carbocycles. The Bertz CT molecular complexity index is 222. The first-order valence-corrected chi connectivity index (χ1v) is 7.35. The van der Waals surface area contributed by atoms with E-state index in [2.05, 4.69) is 17.1 Å². The van der Waals surface area contributed by atoms with Crippen molar-refractivity contribution >= 4 is 0 Å². The van der Waals surface area contributed by atoms with Crippen molar-refractivity contribution in [1.29, 1.82) is 0 Å². The van der Waals surface area contributed by atoms with Crippen molar-refractivity contribution < 1.29 is 4.74 Å². The molecule has 3 nitrogen and oxygen atoms in total. The third-order valence-electron chi connectivity index (χ3n) is 4.35. The zero-order valence-corrected chi connectivity index (χ0v) is 11.5. The highest BCUT2D eigenvalue weighted by Crippen LogP contribution is 2.27. The lowest BCUT2D eigenvalue weighted by molar-refractivity contribution is 0.0111. The molecule has 2 rings (SSSR count). The van der Waals surface area contributed by atoms with Crippen LogP contribution >= 0.6 is 0 Å². The van der Waals surface area contributed by atoms with Gasteiger partial charge in [0.2, 0.25) is 0 Å². The molecule has 100 valence electrons. The molecule has 0 aromatic carbocycles. The molecule has 0 aromatic rings. The number of ether oxygens (including phenoxy) is 1. The number of piperidine rings is 1. The SMILES string of the molecule is CCCNC1CCCC1N1CCCC(OC)C1. The number of nitrogens with one attached hydrogen (secondary N) is 1. The van der Waals surface area contributed by atoms with Crippen LogP contribution in [0, 0.1) is 0 Å². The molecular formula is C14H28N2O. The van der Waals surface area contributed by atoms with Gasteiger partial charge in [-0.1, -0.05) is 13.3 Å². The van der Waals surface area contributed by atoms with Gasteiger partial charge in [0.1, 0.15) is 0 Å². The molecule has 0 spiro atoms. The van der Waals surface area contributed by atoms with E-state index in [0.717, 1.165) is 18.6 Å². The van der Waals surface area contributed by atoms with E-state index in [1.54, 1.807) is 0 Å². The first kappa shape index (κ1) is 13.3. The Labute approximate surface area is 106 Å². The third kappa shape index (κ3) is 3.43. The van der Waals surface area contributed by atoms with Gasteiger partial charge in [-0.3, -0.25) is 4.90 Å². The Kier molecular flexibility index (Phi) is 5.26. The van der Waals surface area contributed by atoms with Crippen LogP contribution in [0.15, 0.2) is 0 Å². The number of likely N-dealkylation sites (tertiary alicyclic amines) is 1. The van der Waals surface area contributed by atoms with Crippen LogP contribution in [0.3, 0.4) is 0 Å². The molecule has 1 aliphatic heterocycles. The number of hydrogen-bond donors (Lipinski definition) is 1. The highest BCUT2D eigenvalue weighted by atomic mass is 16.5. The zero-order chi connectivity index (χ0) is 12.1. The van der Waals surface area contributed by atoms with Crippen LogP contribution < -0.4 is 5.32 Å². The van der Waals surface area contributed by atoms with Crippen molar-refractivity contribution in [1.82, 2.24) is 10.2 Å². The fourth-order valence-electron chi connectivity index (χ4n) is 3.41. The molecule has 2 aliphatic rings. The second-order valence-corrected chi connectivity index (χ2v) is 5.55. The summed E-state index contributed by atoms with van der Waals surface area (Å²) < 4.78 is 5.54. The van der Waals surface area contributed by atoms with Gasteiger partial charge in [0, 0.05) is 25.7 Å². The average molecular weight is 240 g/mol. The predicted molar refractivity (Wildman–Crippen MR) is 71.3 cm³/mol. The van der Waals surface area contributed by atoms with Gasteiger partial charge in [0.15, 0.2) is 0 Å². The van der Waals surface area contributed by atoms with Gasteiger partial charge >= 0.3 is 0 Å². The molecule has 1 N–H and O–H groups in total. The lowest BCUT2D eigenvalue weighted by Crippen LogP contribution is -2.51. The minimum atomic E-state index is 0.469. The predicted octanol–water partition coefficient (Wildman–Crippen LogP) is 2.02. The summed E-state index contributed by atoms with van der Waals surface area (Å²) in [4.78, 5) is 2.68. The van der Waals surface area contributed by atoms with E-state index in [1.165, 1.54) is 51.6 Å². The van der Waals surface area contributed by atoms with Crippen molar-refractivity contribution in [2.75, 3.05) is 26.7 Å². The topological polar surface area (TPSA) is 24.5 Å². The summed E-state index contributed by atoms with van der Waals surface area (Å²) >= 11 is 0. The quantitative estimate of drug-likeness (QED) is 0.795. The van der Waals surface area contributed by atoms with Crippen molar-refractivity contribution in [3.63, 3.8) is 0 Å². The lowest BCUT2D eigenvalue weighted by atomic mass is 10.0. The van der Waals surface area contributed by atoms with Gasteiger partial charge in [-0.05, 0) is 45.2 Å². The molecule has 2 fully saturated rings. The zero-order valence-electron chi connectivity index (χ0n) is 11.5. The lowest BCUT2D eigenvalue weighted by Gasteiger charge is -2.39. The fourth-order valence-corrected chi connectivity index (χ4v) is 3.41. The monoisotopic (exact) mass is 240 g/mol. The van der Waals surface area contributed by atoms with E-state index in [9.17, 15) is 0 Å². The minimum absolute atomic E-state index is 0.469. The molecule has 1 heterocycles. The number of hydrogen-bond acceptors (Lipinski definition) is 3. The van der Waals surface area contributed by atoms with Crippen LogP contribution in [0.5, 0.6) is 0 Å². The van der Waals surface area contributed by atoms with Gasteiger partial charge in [0.25, 0.3) is 0 Å². The third-order valence-corrected chi connectivity index (χ3v) is 4.35. The van der Waals surface area contributed by atoms with Crippen LogP contribution in [0.2, 0.25) is 0 Å². The average Bonchev–Trinajstić information content (AvgIpc) is 2.84. The van der Waals surface area contributed by atoms with Crippen molar-refractivity contribution in [2.24, 2.45) is 0 Å². The molecule has 0 amide bonds. The minimum Gasteiger partial charge on any atom is -0.380 e. The molecule has 1 aliphatic carbocycles.